The second kappa shape index (κ2) is 7.14. The second-order valence-corrected chi connectivity index (χ2v) is 16.9. The largest absolute Gasteiger partial charge is 0.296 e. The summed E-state index contributed by atoms with van der Waals surface area (Å²) in [6.07, 6.45) is 8.61. The van der Waals surface area contributed by atoms with Crippen molar-refractivity contribution in [1.82, 2.24) is 9.80 Å². The number of fused-ring (bicyclic) bond motifs is 4. The van der Waals surface area contributed by atoms with Gasteiger partial charge in [-0.25, -0.2) is 0 Å². The lowest BCUT2D eigenvalue weighted by Gasteiger charge is -2.55. The van der Waals surface area contributed by atoms with Gasteiger partial charge in [0.25, 0.3) is 0 Å². The van der Waals surface area contributed by atoms with E-state index in [-0.39, 0.29) is 0 Å². The summed E-state index contributed by atoms with van der Waals surface area (Å²) in [4.78, 5) is 5.87. The number of likely N-dealkylation sites (tertiary alicyclic amines) is 2. The Morgan fingerprint density at radius 1 is 1.03 bits per heavy atom. The molecule has 0 aromatic heterocycles. The maximum Gasteiger partial charge on any atom is 0.0309 e. The van der Waals surface area contributed by atoms with Crippen molar-refractivity contribution in [3.05, 3.63) is 0 Å². The molecule has 0 radical (unpaired) electrons. The average Bonchev–Trinajstić information content (AvgIpc) is 3.36. The van der Waals surface area contributed by atoms with Crippen molar-refractivity contribution in [2.24, 2.45) is 10.8 Å². The van der Waals surface area contributed by atoms with Gasteiger partial charge in [0.15, 0.2) is 0 Å². The van der Waals surface area contributed by atoms with E-state index in [1.54, 1.807) is 0 Å². The fraction of sp³-hybridized carbons (Fsp3) is 1.00. The van der Waals surface area contributed by atoms with E-state index in [2.05, 4.69) is 72.1 Å². The Labute approximate surface area is 185 Å². The molecule has 0 aliphatic carbocycles. The van der Waals surface area contributed by atoms with Crippen LogP contribution in [0.5, 0.6) is 0 Å². The van der Waals surface area contributed by atoms with E-state index >= 15 is 0 Å². The van der Waals surface area contributed by atoms with E-state index in [1.807, 2.05) is 0 Å². The van der Waals surface area contributed by atoms with Crippen LogP contribution in [0.1, 0.15) is 88.0 Å². The summed E-state index contributed by atoms with van der Waals surface area (Å²) in [5, 5.41) is 0.606. The van der Waals surface area contributed by atoms with Crippen molar-refractivity contribution in [3.8, 4) is 0 Å². The Morgan fingerprint density at radius 2 is 1.72 bits per heavy atom. The number of hydrogen-bond donors (Lipinski definition) is 0. The molecule has 7 unspecified atom stereocenters. The Balaban J connectivity index is 1.44. The normalized spacial score (nSPS) is 41.3. The van der Waals surface area contributed by atoms with Crippen LogP contribution in [0, 0.1) is 10.8 Å². The Kier molecular flexibility index (Phi) is 5.65. The number of hydrogen-bond acceptors (Lipinski definition) is 2. The molecule has 0 saturated carbocycles. The highest BCUT2D eigenvalue weighted by molar-refractivity contribution is 7.40. The topological polar surface area (TPSA) is 6.48 Å². The van der Waals surface area contributed by atoms with Crippen LogP contribution >= 0.6 is 17.2 Å². The zero-order valence-corrected chi connectivity index (χ0v) is 22.8. The van der Waals surface area contributed by atoms with E-state index in [4.69, 9.17) is 0 Å². The van der Waals surface area contributed by atoms with Crippen LogP contribution in [0.15, 0.2) is 0 Å². The molecule has 2 nitrogen and oxygen atoms in total. The van der Waals surface area contributed by atoms with Gasteiger partial charge in [-0.3, -0.25) is 9.80 Å². The molecular weight excluding hydrogens is 390 g/mol. The van der Waals surface area contributed by atoms with Crippen LogP contribution in [-0.4, -0.2) is 69.2 Å². The summed E-state index contributed by atoms with van der Waals surface area (Å²) in [5.41, 5.74) is 2.61. The van der Waals surface area contributed by atoms with Gasteiger partial charge in [-0.05, 0) is 82.2 Å². The van der Waals surface area contributed by atoms with Crippen molar-refractivity contribution >= 4 is 17.2 Å². The van der Waals surface area contributed by atoms with Gasteiger partial charge in [-0.15, -0.1) is 17.2 Å². The monoisotopic (exact) mass is 438 g/mol. The average molecular weight is 439 g/mol. The van der Waals surface area contributed by atoms with Crippen LogP contribution in [0.4, 0.5) is 0 Å². The van der Waals surface area contributed by atoms with Gasteiger partial charge in [-0.2, -0.15) is 0 Å². The zero-order chi connectivity index (χ0) is 21.5. The molecule has 0 N–H and O–H groups in total. The fourth-order valence-electron chi connectivity index (χ4n) is 7.34. The highest BCUT2D eigenvalue weighted by atomic mass is 31.1. The van der Waals surface area contributed by atoms with Crippen molar-refractivity contribution in [2.45, 2.75) is 122 Å². The van der Waals surface area contributed by atoms with Gasteiger partial charge in [0.2, 0.25) is 0 Å². The summed E-state index contributed by atoms with van der Waals surface area (Å²) in [6.45, 7) is 25.3. The minimum absolute atomic E-state index is 0.302. The molecule has 0 spiro atoms. The molecule has 4 aliphatic heterocycles. The summed E-state index contributed by atoms with van der Waals surface area (Å²) < 4.78 is 0. The first kappa shape index (κ1) is 23.0. The zero-order valence-electron chi connectivity index (χ0n) is 20.8. The highest BCUT2D eigenvalue weighted by Crippen LogP contribution is 2.62. The van der Waals surface area contributed by atoms with Crippen molar-refractivity contribution in [3.63, 3.8) is 0 Å². The molecule has 4 rings (SSSR count). The lowest BCUT2D eigenvalue weighted by atomic mass is 9.67. The van der Waals surface area contributed by atoms with Gasteiger partial charge < -0.3 is 0 Å². The van der Waals surface area contributed by atoms with Crippen LogP contribution in [-0.2, 0) is 0 Å². The number of rotatable bonds is 5. The predicted octanol–water partition coefficient (Wildman–Crippen LogP) is 6.04. The van der Waals surface area contributed by atoms with Crippen LogP contribution in [0.25, 0.3) is 0 Å². The molecule has 0 aromatic rings. The first-order chi connectivity index (χ1) is 13.2. The Hall–Kier alpha value is 0.780. The van der Waals surface area contributed by atoms with Gasteiger partial charge in [0.05, 0.1) is 0 Å². The lowest BCUT2D eigenvalue weighted by Crippen LogP contribution is -2.62. The maximum atomic E-state index is 2.94. The molecule has 7 atom stereocenters. The minimum atomic E-state index is 0.302. The number of nitrogens with zero attached hydrogens (tertiary/aromatic N) is 2. The molecule has 4 aliphatic rings. The quantitative estimate of drug-likeness (QED) is 0.483. The van der Waals surface area contributed by atoms with Crippen LogP contribution in [0.2, 0.25) is 0 Å². The molecule has 4 heterocycles. The van der Waals surface area contributed by atoms with Crippen molar-refractivity contribution in [2.75, 3.05) is 25.4 Å². The maximum absolute atomic E-state index is 2.94. The fourth-order valence-corrected chi connectivity index (χ4v) is 11.8. The van der Waals surface area contributed by atoms with E-state index in [9.17, 15) is 0 Å². The van der Waals surface area contributed by atoms with Crippen molar-refractivity contribution < 1.29 is 0 Å². The van der Waals surface area contributed by atoms with E-state index < -0.39 is 0 Å². The molecule has 29 heavy (non-hydrogen) atoms. The summed E-state index contributed by atoms with van der Waals surface area (Å²) in [6, 6.07) is 1.62. The summed E-state index contributed by atoms with van der Waals surface area (Å²) >= 11 is 0. The molecule has 4 fully saturated rings. The summed E-state index contributed by atoms with van der Waals surface area (Å²) in [5.74, 6) is 0. The lowest BCUT2D eigenvalue weighted by molar-refractivity contribution is -0.0316. The smallest absolute Gasteiger partial charge is 0.0309 e. The Morgan fingerprint density at radius 3 is 2.28 bits per heavy atom. The third kappa shape index (κ3) is 3.59. The van der Waals surface area contributed by atoms with Gasteiger partial charge in [0.1, 0.15) is 0 Å². The Bertz CT molecular complexity index is 634. The molecule has 0 aromatic carbocycles. The van der Waals surface area contributed by atoms with Crippen LogP contribution < -0.4 is 0 Å². The standard InChI is InChI=1S/C25H48N2P2/c1-18(26-16-25(21(2,3)4)12-19(26)15-29-25)10-11-23(8,9)24-13-20(28-17-24)14-27(24)22(5,6)7/h18-20,28-29H,10-17H2,1-9H3. The van der Waals surface area contributed by atoms with E-state index in [0.717, 1.165) is 17.7 Å². The first-order valence-electron chi connectivity index (χ1n) is 12.2. The first-order valence-corrected chi connectivity index (χ1v) is 14.7. The highest BCUT2D eigenvalue weighted by Gasteiger charge is 2.61. The second-order valence-electron chi connectivity index (χ2n) is 13.6. The molecular formula is C25H48N2P2. The van der Waals surface area contributed by atoms with E-state index in [0.29, 0.717) is 27.1 Å². The van der Waals surface area contributed by atoms with Gasteiger partial charge in [0, 0.05) is 41.4 Å². The third-order valence-electron chi connectivity index (χ3n) is 9.63. The van der Waals surface area contributed by atoms with Gasteiger partial charge in [-0.1, -0.05) is 34.6 Å². The van der Waals surface area contributed by atoms with Crippen molar-refractivity contribution in [1.29, 1.82) is 0 Å². The molecule has 4 heteroatoms. The van der Waals surface area contributed by atoms with E-state index in [1.165, 1.54) is 68.3 Å². The van der Waals surface area contributed by atoms with Crippen LogP contribution in [0.3, 0.4) is 0 Å². The van der Waals surface area contributed by atoms with Gasteiger partial charge >= 0.3 is 0 Å². The summed E-state index contributed by atoms with van der Waals surface area (Å²) in [7, 11) is 2.39. The predicted molar refractivity (Wildman–Crippen MR) is 134 cm³/mol. The molecule has 168 valence electrons. The molecule has 0 amide bonds. The molecule has 4 bridgehead atoms. The third-order valence-corrected chi connectivity index (χ3v) is 13.8. The SMILES string of the molecule is CC(CCC(C)(C)C12CPC(CN1C(C)(C)C)C2)N1CC2(C(C)(C)C)CC1CP2. The molecule has 4 saturated heterocycles. The minimum Gasteiger partial charge on any atom is -0.296 e.